The van der Waals surface area contributed by atoms with Gasteiger partial charge in [-0.05, 0) is 23.6 Å². The summed E-state index contributed by atoms with van der Waals surface area (Å²) in [5, 5.41) is 1.85. The van der Waals surface area contributed by atoms with Crippen molar-refractivity contribution in [3.63, 3.8) is 0 Å². The molecule has 2 aliphatic heterocycles. The van der Waals surface area contributed by atoms with E-state index in [9.17, 15) is 14.4 Å². The highest BCUT2D eigenvalue weighted by molar-refractivity contribution is 7.12. The Hall–Kier alpha value is -2.67. The number of fused-ring (bicyclic) bond motifs is 1. The number of urea groups is 1. The van der Waals surface area contributed by atoms with E-state index in [1.807, 2.05) is 17.5 Å². The fraction of sp³-hybridized carbons (Fsp3) is 0.235. The molecular weight excluding hydrogens is 326 g/mol. The molecule has 0 saturated carbocycles. The maximum Gasteiger partial charge on any atom is 0.332 e. The molecule has 2 aliphatic rings. The number of carbonyl (C=O) groups excluding carboxylic acids is 3. The minimum Gasteiger partial charge on any atom is -0.334 e. The topological polar surface area (TPSA) is 60.9 Å². The third kappa shape index (κ3) is 2.28. The van der Waals surface area contributed by atoms with E-state index in [1.165, 1.54) is 16.2 Å². The molecule has 7 heteroatoms. The average molecular weight is 341 g/mol. The molecule has 0 radical (unpaired) electrons. The number of imide groups is 1. The molecule has 0 bridgehead atoms. The van der Waals surface area contributed by atoms with Crippen LogP contribution in [0.25, 0.3) is 0 Å². The number of rotatable bonds is 2. The maximum absolute atomic E-state index is 12.7. The van der Waals surface area contributed by atoms with Gasteiger partial charge in [0.15, 0.2) is 0 Å². The molecule has 2 aromatic rings. The first-order valence-electron chi connectivity index (χ1n) is 7.69. The van der Waals surface area contributed by atoms with Gasteiger partial charge in [-0.3, -0.25) is 9.59 Å². The molecule has 6 nitrogen and oxygen atoms in total. The zero-order valence-electron chi connectivity index (χ0n) is 12.8. The monoisotopic (exact) mass is 341 g/mol. The number of hydrogen-bond acceptors (Lipinski definition) is 4. The molecule has 3 heterocycles. The quantitative estimate of drug-likeness (QED) is 0.786. The SMILES string of the molecule is O=C(c1cccs1)N1CCN2C(=O)N(c3ccccc3)C(=O)[C@@H]2C1. The summed E-state index contributed by atoms with van der Waals surface area (Å²) in [7, 11) is 0. The van der Waals surface area contributed by atoms with Crippen molar-refractivity contribution in [3.05, 3.63) is 52.7 Å². The number of para-hydroxylation sites is 1. The zero-order chi connectivity index (χ0) is 16.7. The molecule has 2 saturated heterocycles. The number of benzene rings is 1. The third-order valence-corrected chi connectivity index (χ3v) is 5.21. The van der Waals surface area contributed by atoms with E-state index in [-0.39, 0.29) is 24.4 Å². The first-order chi connectivity index (χ1) is 11.7. The fourth-order valence-electron chi connectivity index (χ4n) is 3.15. The van der Waals surface area contributed by atoms with Gasteiger partial charge in [0.05, 0.1) is 17.1 Å². The van der Waals surface area contributed by atoms with E-state index in [0.29, 0.717) is 23.7 Å². The Kier molecular flexibility index (Phi) is 3.57. The van der Waals surface area contributed by atoms with Gasteiger partial charge in [0.1, 0.15) is 6.04 Å². The first-order valence-corrected chi connectivity index (χ1v) is 8.57. The summed E-state index contributed by atoms with van der Waals surface area (Å²) in [5.74, 6) is -0.349. The molecule has 0 N–H and O–H groups in total. The van der Waals surface area contributed by atoms with Crippen LogP contribution in [0.5, 0.6) is 0 Å². The number of hydrogen-bond donors (Lipinski definition) is 0. The number of piperazine rings is 1. The third-order valence-electron chi connectivity index (χ3n) is 4.36. The molecule has 0 spiro atoms. The van der Waals surface area contributed by atoms with Gasteiger partial charge in [-0.2, -0.15) is 0 Å². The van der Waals surface area contributed by atoms with E-state index in [0.717, 1.165) is 0 Å². The van der Waals surface area contributed by atoms with Gasteiger partial charge in [0.2, 0.25) is 0 Å². The molecule has 1 atom stereocenters. The Morgan fingerprint density at radius 2 is 1.83 bits per heavy atom. The molecule has 4 rings (SSSR count). The molecule has 0 aliphatic carbocycles. The second-order valence-corrected chi connectivity index (χ2v) is 6.68. The molecule has 1 aromatic heterocycles. The van der Waals surface area contributed by atoms with Crippen LogP contribution in [0.4, 0.5) is 10.5 Å². The predicted octanol–water partition coefficient (Wildman–Crippen LogP) is 2.04. The van der Waals surface area contributed by atoms with Crippen molar-refractivity contribution in [3.8, 4) is 0 Å². The average Bonchev–Trinajstić information content (AvgIpc) is 3.23. The lowest BCUT2D eigenvalue weighted by Gasteiger charge is -2.35. The van der Waals surface area contributed by atoms with E-state index in [2.05, 4.69) is 0 Å². The van der Waals surface area contributed by atoms with Gasteiger partial charge in [-0.1, -0.05) is 24.3 Å². The van der Waals surface area contributed by atoms with E-state index < -0.39 is 6.04 Å². The predicted molar refractivity (Wildman–Crippen MR) is 90.0 cm³/mol. The number of anilines is 1. The van der Waals surface area contributed by atoms with Crippen molar-refractivity contribution < 1.29 is 14.4 Å². The van der Waals surface area contributed by atoms with Gasteiger partial charge in [-0.15, -0.1) is 11.3 Å². The number of thiophene rings is 1. The van der Waals surface area contributed by atoms with Crippen molar-refractivity contribution in [1.29, 1.82) is 0 Å². The summed E-state index contributed by atoms with van der Waals surface area (Å²) in [6, 6.07) is 11.6. The van der Waals surface area contributed by atoms with Crippen LogP contribution >= 0.6 is 11.3 Å². The maximum atomic E-state index is 12.7. The molecule has 1 aromatic carbocycles. The summed E-state index contributed by atoms with van der Waals surface area (Å²) in [4.78, 5) is 42.9. The van der Waals surface area contributed by atoms with Crippen LogP contribution in [-0.4, -0.2) is 53.3 Å². The normalized spacial score (nSPS) is 20.5. The number of nitrogens with zero attached hydrogens (tertiary/aromatic N) is 3. The van der Waals surface area contributed by atoms with Crippen LogP contribution in [0.15, 0.2) is 47.8 Å². The first kappa shape index (κ1) is 14.9. The Bertz CT molecular complexity index is 791. The molecule has 2 fully saturated rings. The van der Waals surface area contributed by atoms with Crippen LogP contribution in [0, 0.1) is 0 Å². The Morgan fingerprint density at radius 1 is 1.04 bits per heavy atom. The molecule has 24 heavy (non-hydrogen) atoms. The van der Waals surface area contributed by atoms with Crippen LogP contribution in [0.2, 0.25) is 0 Å². The summed E-state index contributed by atoms with van der Waals surface area (Å²) in [6.07, 6.45) is 0. The van der Waals surface area contributed by atoms with E-state index in [4.69, 9.17) is 0 Å². The van der Waals surface area contributed by atoms with Crippen molar-refractivity contribution >= 4 is 34.9 Å². The Balaban J connectivity index is 1.57. The molecule has 0 unspecified atom stereocenters. The zero-order valence-corrected chi connectivity index (χ0v) is 13.6. The highest BCUT2D eigenvalue weighted by Gasteiger charge is 2.49. The largest absolute Gasteiger partial charge is 0.334 e. The summed E-state index contributed by atoms with van der Waals surface area (Å²) < 4.78 is 0. The van der Waals surface area contributed by atoms with Gasteiger partial charge < -0.3 is 9.80 Å². The van der Waals surface area contributed by atoms with Crippen LogP contribution in [0.1, 0.15) is 9.67 Å². The second kappa shape index (κ2) is 5.76. The summed E-state index contributed by atoms with van der Waals surface area (Å²) in [6.45, 7) is 1.05. The van der Waals surface area contributed by atoms with Gasteiger partial charge in [-0.25, -0.2) is 9.69 Å². The number of amides is 4. The number of carbonyl (C=O) groups is 3. The molecule has 122 valence electrons. The fourth-order valence-corrected chi connectivity index (χ4v) is 3.84. The minimum atomic E-state index is -0.602. The highest BCUT2D eigenvalue weighted by Crippen LogP contribution is 2.28. The van der Waals surface area contributed by atoms with Gasteiger partial charge in [0.25, 0.3) is 11.8 Å². The smallest absolute Gasteiger partial charge is 0.332 e. The van der Waals surface area contributed by atoms with Crippen LogP contribution in [0.3, 0.4) is 0 Å². The van der Waals surface area contributed by atoms with Crippen molar-refractivity contribution in [2.75, 3.05) is 24.5 Å². The lowest BCUT2D eigenvalue weighted by atomic mass is 10.1. The summed E-state index contributed by atoms with van der Waals surface area (Å²) in [5.41, 5.74) is 0.568. The molecule has 4 amide bonds. The van der Waals surface area contributed by atoms with Gasteiger partial charge in [0, 0.05) is 13.1 Å². The highest BCUT2D eigenvalue weighted by atomic mass is 32.1. The van der Waals surface area contributed by atoms with Crippen molar-refractivity contribution in [2.45, 2.75) is 6.04 Å². The Labute approximate surface area is 142 Å². The molecular formula is C17H15N3O3S. The van der Waals surface area contributed by atoms with Crippen LogP contribution in [-0.2, 0) is 4.79 Å². The lowest BCUT2D eigenvalue weighted by Crippen LogP contribution is -2.54. The summed E-state index contributed by atoms with van der Waals surface area (Å²) >= 11 is 1.38. The van der Waals surface area contributed by atoms with E-state index in [1.54, 1.807) is 40.1 Å². The van der Waals surface area contributed by atoms with Crippen molar-refractivity contribution in [1.82, 2.24) is 9.80 Å². The van der Waals surface area contributed by atoms with Crippen LogP contribution < -0.4 is 4.90 Å². The minimum absolute atomic E-state index is 0.0805. The van der Waals surface area contributed by atoms with E-state index >= 15 is 0 Å². The van der Waals surface area contributed by atoms with Gasteiger partial charge >= 0.3 is 6.03 Å². The van der Waals surface area contributed by atoms with Crippen molar-refractivity contribution in [2.24, 2.45) is 0 Å². The second-order valence-electron chi connectivity index (χ2n) is 5.73. The Morgan fingerprint density at radius 3 is 2.54 bits per heavy atom. The lowest BCUT2D eigenvalue weighted by molar-refractivity contribution is -0.120. The standard InChI is InChI=1S/C17H15N3O3S/c21-15-13-11-18(16(22)14-7-4-10-24-14)8-9-19(13)17(23)20(15)12-5-2-1-3-6-12/h1-7,10,13H,8-9,11H2/t13-/m0/s1.